The van der Waals surface area contributed by atoms with Gasteiger partial charge >= 0.3 is 0 Å². The van der Waals surface area contributed by atoms with Crippen molar-refractivity contribution in [3.8, 4) is 0 Å². The second-order valence-corrected chi connectivity index (χ2v) is 4.51. The molecular formula is C18H14N. The van der Waals surface area contributed by atoms with E-state index in [2.05, 4.69) is 42.2 Å². The van der Waals surface area contributed by atoms with Gasteiger partial charge in [0.25, 0.3) is 0 Å². The molecule has 1 nitrogen and oxygen atoms in total. The van der Waals surface area contributed by atoms with Crippen molar-refractivity contribution in [2.45, 2.75) is 0 Å². The molecule has 0 fully saturated rings. The molecule has 1 heterocycles. The Morgan fingerprint density at radius 2 is 1.74 bits per heavy atom. The molecule has 1 aromatic heterocycles. The molecule has 0 atom stereocenters. The summed E-state index contributed by atoms with van der Waals surface area (Å²) in [5, 5.41) is 1.17. The highest BCUT2D eigenvalue weighted by atomic mass is 14.7. The zero-order valence-electron chi connectivity index (χ0n) is 10.6. The van der Waals surface area contributed by atoms with Crippen LogP contribution in [0.2, 0.25) is 0 Å². The Bertz CT molecular complexity index is 741. The molecular weight excluding hydrogens is 230 g/mol. The predicted molar refractivity (Wildman–Crippen MR) is 81.6 cm³/mol. The summed E-state index contributed by atoms with van der Waals surface area (Å²) in [5.74, 6) is 0. The van der Waals surface area contributed by atoms with E-state index in [1.165, 1.54) is 5.39 Å². The van der Waals surface area contributed by atoms with Crippen LogP contribution < -0.4 is 0 Å². The second kappa shape index (κ2) is 5.07. The van der Waals surface area contributed by atoms with Gasteiger partial charge in [-0.05, 0) is 36.3 Å². The molecule has 91 valence electrons. The number of hydrogen-bond donors (Lipinski definition) is 0. The van der Waals surface area contributed by atoms with E-state index >= 15 is 0 Å². The number of rotatable bonds is 2. The molecule has 0 spiro atoms. The summed E-state index contributed by atoms with van der Waals surface area (Å²) < 4.78 is 0. The SMILES string of the molecule is [CH2]c1cccc(C=Cc2ccc3ccccc3n2)c1. The first-order chi connectivity index (χ1) is 9.31. The summed E-state index contributed by atoms with van der Waals surface area (Å²) >= 11 is 0. The van der Waals surface area contributed by atoms with Gasteiger partial charge in [0.1, 0.15) is 0 Å². The molecule has 0 bridgehead atoms. The van der Waals surface area contributed by atoms with E-state index in [0.717, 1.165) is 22.3 Å². The van der Waals surface area contributed by atoms with Crippen molar-refractivity contribution < 1.29 is 0 Å². The van der Waals surface area contributed by atoms with Gasteiger partial charge in [0.05, 0.1) is 11.2 Å². The monoisotopic (exact) mass is 244 g/mol. The standard InChI is InChI=1S/C18H14N/c1-14-5-4-6-15(13-14)9-11-17-12-10-16-7-2-3-8-18(16)19-17/h2-13H,1H2. The summed E-state index contributed by atoms with van der Waals surface area (Å²) in [6.45, 7) is 3.93. The molecule has 0 aliphatic heterocycles. The van der Waals surface area contributed by atoms with Crippen molar-refractivity contribution in [3.05, 3.63) is 84.4 Å². The number of pyridine rings is 1. The zero-order valence-corrected chi connectivity index (χ0v) is 10.6. The minimum atomic E-state index is 0.966. The Hall–Kier alpha value is -2.41. The highest BCUT2D eigenvalue weighted by Crippen LogP contribution is 2.14. The van der Waals surface area contributed by atoms with Crippen LogP contribution >= 0.6 is 0 Å². The summed E-state index contributed by atoms with van der Waals surface area (Å²) in [7, 11) is 0. The minimum absolute atomic E-state index is 0.966. The van der Waals surface area contributed by atoms with E-state index in [9.17, 15) is 0 Å². The summed E-state index contributed by atoms with van der Waals surface area (Å²) in [4.78, 5) is 4.61. The average Bonchev–Trinajstić information content (AvgIpc) is 2.45. The topological polar surface area (TPSA) is 12.9 Å². The third-order valence-electron chi connectivity index (χ3n) is 3.02. The van der Waals surface area contributed by atoms with Crippen LogP contribution in [0.25, 0.3) is 23.1 Å². The Morgan fingerprint density at radius 1 is 0.842 bits per heavy atom. The van der Waals surface area contributed by atoms with Crippen molar-refractivity contribution in [1.82, 2.24) is 4.98 Å². The number of aromatic nitrogens is 1. The van der Waals surface area contributed by atoms with Crippen molar-refractivity contribution in [3.63, 3.8) is 0 Å². The van der Waals surface area contributed by atoms with E-state index in [4.69, 9.17) is 0 Å². The lowest BCUT2D eigenvalue weighted by Crippen LogP contribution is -1.82. The highest BCUT2D eigenvalue weighted by Gasteiger charge is 1.94. The number of para-hydroxylation sites is 1. The maximum Gasteiger partial charge on any atom is 0.0709 e. The quantitative estimate of drug-likeness (QED) is 0.642. The Morgan fingerprint density at radius 3 is 2.63 bits per heavy atom. The molecule has 0 unspecified atom stereocenters. The van der Waals surface area contributed by atoms with Gasteiger partial charge in [0.15, 0.2) is 0 Å². The maximum absolute atomic E-state index is 4.61. The summed E-state index contributed by atoms with van der Waals surface area (Å²) in [6.07, 6.45) is 4.09. The number of hydrogen-bond acceptors (Lipinski definition) is 1. The molecule has 1 radical (unpaired) electrons. The number of nitrogens with zero attached hydrogens (tertiary/aromatic N) is 1. The van der Waals surface area contributed by atoms with E-state index in [0.29, 0.717) is 0 Å². The molecule has 0 aliphatic carbocycles. The number of benzene rings is 2. The fourth-order valence-electron chi connectivity index (χ4n) is 2.05. The van der Waals surface area contributed by atoms with E-state index < -0.39 is 0 Å². The normalized spacial score (nSPS) is 11.2. The van der Waals surface area contributed by atoms with Gasteiger partial charge in [0.2, 0.25) is 0 Å². The van der Waals surface area contributed by atoms with Crippen LogP contribution in [0.5, 0.6) is 0 Å². The van der Waals surface area contributed by atoms with Crippen molar-refractivity contribution >= 4 is 23.1 Å². The van der Waals surface area contributed by atoms with Gasteiger partial charge in [0, 0.05) is 5.39 Å². The van der Waals surface area contributed by atoms with Crippen molar-refractivity contribution in [2.75, 3.05) is 0 Å². The van der Waals surface area contributed by atoms with Crippen molar-refractivity contribution in [2.24, 2.45) is 0 Å². The van der Waals surface area contributed by atoms with Crippen LogP contribution in [0.3, 0.4) is 0 Å². The molecule has 0 aliphatic rings. The molecule has 1 heteroatoms. The fraction of sp³-hybridized carbons (Fsp3) is 0. The molecule has 0 saturated carbocycles. The van der Waals surface area contributed by atoms with E-state index in [1.54, 1.807) is 0 Å². The lowest BCUT2D eigenvalue weighted by atomic mass is 10.1. The molecule has 19 heavy (non-hydrogen) atoms. The molecule has 3 aromatic rings. The average molecular weight is 244 g/mol. The molecule has 0 saturated heterocycles. The maximum atomic E-state index is 4.61. The van der Waals surface area contributed by atoms with Crippen LogP contribution in [0, 0.1) is 6.92 Å². The largest absolute Gasteiger partial charge is 0.248 e. The molecule has 0 amide bonds. The van der Waals surface area contributed by atoms with Crippen LogP contribution in [0.1, 0.15) is 16.8 Å². The van der Waals surface area contributed by atoms with Gasteiger partial charge in [-0.1, -0.05) is 54.6 Å². The lowest BCUT2D eigenvalue weighted by molar-refractivity contribution is 1.37. The van der Waals surface area contributed by atoms with Crippen LogP contribution in [0.4, 0.5) is 0 Å². The Kier molecular flexibility index (Phi) is 3.11. The molecule has 0 N–H and O–H groups in total. The van der Waals surface area contributed by atoms with Crippen LogP contribution in [-0.2, 0) is 0 Å². The first-order valence-corrected chi connectivity index (χ1v) is 6.27. The second-order valence-electron chi connectivity index (χ2n) is 4.51. The van der Waals surface area contributed by atoms with Gasteiger partial charge in [-0.2, -0.15) is 0 Å². The van der Waals surface area contributed by atoms with E-state index in [-0.39, 0.29) is 0 Å². The van der Waals surface area contributed by atoms with Gasteiger partial charge in [-0.25, -0.2) is 4.98 Å². The highest BCUT2D eigenvalue weighted by molar-refractivity contribution is 5.80. The smallest absolute Gasteiger partial charge is 0.0709 e. The van der Waals surface area contributed by atoms with Gasteiger partial charge in [-0.15, -0.1) is 0 Å². The number of fused-ring (bicyclic) bond motifs is 1. The van der Waals surface area contributed by atoms with Crippen molar-refractivity contribution in [1.29, 1.82) is 0 Å². The van der Waals surface area contributed by atoms with Gasteiger partial charge < -0.3 is 0 Å². The Labute approximate surface area is 113 Å². The molecule has 3 rings (SSSR count). The summed E-state index contributed by atoms with van der Waals surface area (Å²) in [5.41, 5.74) is 4.15. The first-order valence-electron chi connectivity index (χ1n) is 6.27. The first kappa shape index (κ1) is 11.7. The zero-order chi connectivity index (χ0) is 13.1. The predicted octanol–water partition coefficient (Wildman–Crippen LogP) is 4.59. The van der Waals surface area contributed by atoms with Crippen LogP contribution in [0.15, 0.2) is 60.7 Å². The van der Waals surface area contributed by atoms with Crippen LogP contribution in [-0.4, -0.2) is 4.98 Å². The fourth-order valence-corrected chi connectivity index (χ4v) is 2.05. The third-order valence-corrected chi connectivity index (χ3v) is 3.02. The third kappa shape index (κ3) is 2.71. The summed E-state index contributed by atoms with van der Waals surface area (Å²) in [6, 6.07) is 20.4. The van der Waals surface area contributed by atoms with Gasteiger partial charge in [-0.3, -0.25) is 0 Å². The Balaban J connectivity index is 1.92. The molecule has 2 aromatic carbocycles. The van der Waals surface area contributed by atoms with E-state index in [1.807, 2.05) is 42.5 Å². The minimum Gasteiger partial charge on any atom is -0.248 e. The lowest BCUT2D eigenvalue weighted by Gasteiger charge is -1.99.